The van der Waals surface area contributed by atoms with Crippen LogP contribution >= 0.6 is 0 Å². The topological polar surface area (TPSA) is 105 Å². The first-order valence-corrected chi connectivity index (χ1v) is 9.26. The second-order valence-corrected chi connectivity index (χ2v) is 7.27. The third-order valence-electron chi connectivity index (χ3n) is 4.85. The van der Waals surface area contributed by atoms with E-state index in [1.807, 2.05) is 24.3 Å². The van der Waals surface area contributed by atoms with E-state index in [4.69, 9.17) is 13.9 Å². The molecule has 28 heavy (non-hydrogen) atoms. The molecule has 1 aliphatic rings. The van der Waals surface area contributed by atoms with Crippen LogP contribution in [0.2, 0.25) is 0 Å². The van der Waals surface area contributed by atoms with E-state index in [0.717, 1.165) is 16.7 Å². The summed E-state index contributed by atoms with van der Waals surface area (Å²) in [5.74, 6) is 1.21. The van der Waals surface area contributed by atoms with Crippen molar-refractivity contribution in [1.82, 2.24) is 4.98 Å². The summed E-state index contributed by atoms with van der Waals surface area (Å²) in [6.07, 6.45) is -4.90. The van der Waals surface area contributed by atoms with Gasteiger partial charge in [-0.25, -0.2) is 4.98 Å². The lowest BCUT2D eigenvalue weighted by atomic mass is 10.0. The van der Waals surface area contributed by atoms with Crippen LogP contribution in [0.15, 0.2) is 46.9 Å². The summed E-state index contributed by atoms with van der Waals surface area (Å²) in [5.41, 5.74) is 3.36. The van der Waals surface area contributed by atoms with E-state index in [9.17, 15) is 15.3 Å². The lowest BCUT2D eigenvalue weighted by Gasteiger charge is -2.34. The molecule has 1 fully saturated rings. The molecule has 0 amide bonds. The van der Waals surface area contributed by atoms with Gasteiger partial charge in [0.25, 0.3) is 0 Å². The Bertz CT molecular complexity index is 968. The first-order chi connectivity index (χ1) is 13.4. The summed E-state index contributed by atoms with van der Waals surface area (Å²) < 4.78 is 17.0. The van der Waals surface area contributed by atoms with Crippen LogP contribution in [0.3, 0.4) is 0 Å². The second kappa shape index (κ2) is 7.52. The maximum Gasteiger partial charge on any atom is 0.228 e. The molecule has 1 saturated heterocycles. The van der Waals surface area contributed by atoms with E-state index in [0.29, 0.717) is 23.1 Å². The molecule has 0 radical (unpaired) electrons. The molecule has 4 rings (SSSR count). The van der Waals surface area contributed by atoms with Crippen LogP contribution in [0.4, 0.5) is 0 Å². The standard InChI is InChI=1S/C21H23NO6/c1-11(2)14-7-4-8-15-19(14)28-20(22-15)12-5-3-6-13(9-12)27-21-18(25)17(24)16(23)10-26-21/h3-9,11,16-18,21,23-25H,10H2,1-2H3/t16-,17-,18+,21+/m0/s1. The van der Waals surface area contributed by atoms with Gasteiger partial charge in [-0.3, -0.25) is 0 Å². The summed E-state index contributed by atoms with van der Waals surface area (Å²) in [5, 5.41) is 29.4. The minimum Gasteiger partial charge on any atom is -0.462 e. The molecule has 7 nitrogen and oxygen atoms in total. The summed E-state index contributed by atoms with van der Waals surface area (Å²) in [7, 11) is 0. The van der Waals surface area contributed by atoms with Crippen LogP contribution in [-0.4, -0.2) is 51.5 Å². The number of benzene rings is 2. The Morgan fingerprint density at radius 2 is 1.86 bits per heavy atom. The Labute approximate surface area is 162 Å². The number of aromatic nitrogens is 1. The Balaban J connectivity index is 1.61. The normalized spacial score (nSPS) is 25.4. The number of rotatable bonds is 4. The van der Waals surface area contributed by atoms with Crippen molar-refractivity contribution in [2.24, 2.45) is 0 Å². The highest BCUT2D eigenvalue weighted by Gasteiger charge is 2.39. The minimum atomic E-state index is -1.36. The van der Waals surface area contributed by atoms with Gasteiger partial charge in [-0.15, -0.1) is 0 Å². The molecular weight excluding hydrogens is 362 g/mol. The van der Waals surface area contributed by atoms with Crippen LogP contribution in [0.1, 0.15) is 25.3 Å². The van der Waals surface area contributed by atoms with Gasteiger partial charge in [0.05, 0.1) is 6.61 Å². The summed E-state index contributed by atoms with van der Waals surface area (Å²) >= 11 is 0. The van der Waals surface area contributed by atoms with Crippen molar-refractivity contribution < 1.29 is 29.2 Å². The molecule has 2 heterocycles. The first kappa shape index (κ1) is 18.9. The van der Waals surface area contributed by atoms with Gasteiger partial charge in [0.1, 0.15) is 29.6 Å². The molecule has 3 N–H and O–H groups in total. The average molecular weight is 385 g/mol. The predicted octanol–water partition coefficient (Wildman–Crippen LogP) is 2.44. The van der Waals surface area contributed by atoms with Crippen LogP contribution < -0.4 is 4.74 Å². The fourth-order valence-corrected chi connectivity index (χ4v) is 3.27. The number of ether oxygens (including phenoxy) is 2. The average Bonchev–Trinajstić information content (AvgIpc) is 3.13. The molecular formula is C21H23NO6. The van der Waals surface area contributed by atoms with Gasteiger partial charge in [-0.05, 0) is 35.7 Å². The number of fused-ring (bicyclic) bond motifs is 1. The third-order valence-corrected chi connectivity index (χ3v) is 4.85. The zero-order valence-corrected chi connectivity index (χ0v) is 15.6. The number of nitrogens with zero attached hydrogens (tertiary/aromatic N) is 1. The minimum absolute atomic E-state index is 0.119. The zero-order valence-electron chi connectivity index (χ0n) is 15.6. The summed E-state index contributed by atoms with van der Waals surface area (Å²) in [6, 6.07) is 13.0. The highest BCUT2D eigenvalue weighted by atomic mass is 16.7. The van der Waals surface area contributed by atoms with Crippen molar-refractivity contribution in [2.75, 3.05) is 6.61 Å². The molecule has 0 saturated carbocycles. The van der Waals surface area contributed by atoms with E-state index < -0.39 is 24.6 Å². The van der Waals surface area contributed by atoms with Gasteiger partial charge in [0.15, 0.2) is 5.58 Å². The van der Waals surface area contributed by atoms with Crippen molar-refractivity contribution >= 4 is 11.1 Å². The summed E-state index contributed by atoms with van der Waals surface area (Å²) in [6.45, 7) is 4.09. The SMILES string of the molecule is CC(C)c1cccc2nc(-c3cccc(O[C@H]4OC[C@H](O)[C@H](O)[C@H]4O)c3)oc12. The third kappa shape index (κ3) is 3.49. The monoisotopic (exact) mass is 385 g/mol. The Kier molecular flexibility index (Phi) is 5.07. The van der Waals surface area contributed by atoms with E-state index in [1.165, 1.54) is 0 Å². The van der Waals surface area contributed by atoms with Gasteiger partial charge in [0.2, 0.25) is 12.2 Å². The van der Waals surface area contributed by atoms with E-state index in [2.05, 4.69) is 18.8 Å². The van der Waals surface area contributed by atoms with E-state index >= 15 is 0 Å². The van der Waals surface area contributed by atoms with E-state index in [-0.39, 0.29) is 6.61 Å². The molecule has 0 unspecified atom stereocenters. The maximum absolute atomic E-state index is 10.0. The lowest BCUT2D eigenvalue weighted by Crippen LogP contribution is -2.54. The molecule has 1 aliphatic heterocycles. The van der Waals surface area contributed by atoms with Gasteiger partial charge >= 0.3 is 0 Å². The number of hydrogen-bond acceptors (Lipinski definition) is 7. The molecule has 148 valence electrons. The molecule has 0 aliphatic carbocycles. The van der Waals surface area contributed by atoms with Crippen molar-refractivity contribution in [3.8, 4) is 17.2 Å². The Morgan fingerprint density at radius 3 is 2.64 bits per heavy atom. The molecule has 7 heteroatoms. The van der Waals surface area contributed by atoms with Crippen LogP contribution in [-0.2, 0) is 4.74 Å². The van der Waals surface area contributed by atoms with Crippen LogP contribution in [0.5, 0.6) is 5.75 Å². The van der Waals surface area contributed by atoms with Crippen molar-refractivity contribution in [3.05, 3.63) is 48.0 Å². The largest absolute Gasteiger partial charge is 0.462 e. The van der Waals surface area contributed by atoms with Gasteiger partial charge in [-0.1, -0.05) is 32.0 Å². The number of hydrogen-bond donors (Lipinski definition) is 3. The quantitative estimate of drug-likeness (QED) is 0.633. The molecule has 4 atom stereocenters. The van der Waals surface area contributed by atoms with Gasteiger partial charge in [-0.2, -0.15) is 0 Å². The summed E-state index contributed by atoms with van der Waals surface area (Å²) in [4.78, 5) is 4.57. The Hall–Kier alpha value is -2.45. The number of aliphatic hydroxyl groups is 3. The number of oxazole rings is 1. The van der Waals surface area contributed by atoms with Crippen LogP contribution in [0, 0.1) is 0 Å². The van der Waals surface area contributed by atoms with Crippen molar-refractivity contribution in [1.29, 1.82) is 0 Å². The number of aliphatic hydroxyl groups excluding tert-OH is 3. The van der Waals surface area contributed by atoms with Crippen molar-refractivity contribution in [3.63, 3.8) is 0 Å². The second-order valence-electron chi connectivity index (χ2n) is 7.27. The highest BCUT2D eigenvalue weighted by Crippen LogP contribution is 2.32. The lowest BCUT2D eigenvalue weighted by molar-refractivity contribution is -0.242. The maximum atomic E-state index is 10.0. The molecule has 2 aromatic carbocycles. The highest BCUT2D eigenvalue weighted by molar-refractivity contribution is 5.80. The molecule has 0 spiro atoms. The fraction of sp³-hybridized carbons (Fsp3) is 0.381. The zero-order chi connectivity index (χ0) is 19.8. The van der Waals surface area contributed by atoms with Gasteiger partial charge < -0.3 is 29.2 Å². The molecule has 1 aromatic heterocycles. The smallest absolute Gasteiger partial charge is 0.228 e. The fourth-order valence-electron chi connectivity index (χ4n) is 3.27. The first-order valence-electron chi connectivity index (χ1n) is 9.26. The van der Waals surface area contributed by atoms with Gasteiger partial charge in [0, 0.05) is 5.56 Å². The van der Waals surface area contributed by atoms with Crippen molar-refractivity contribution in [2.45, 2.75) is 44.4 Å². The van der Waals surface area contributed by atoms with Crippen LogP contribution in [0.25, 0.3) is 22.6 Å². The Morgan fingerprint density at radius 1 is 1.07 bits per heavy atom. The molecule has 0 bridgehead atoms. The predicted molar refractivity (Wildman–Crippen MR) is 102 cm³/mol. The molecule has 3 aromatic rings. The van der Waals surface area contributed by atoms with E-state index in [1.54, 1.807) is 18.2 Å². The number of para-hydroxylation sites is 1.